The maximum Gasteiger partial charge on any atom is 0.314 e. The molecule has 8 nitrogen and oxygen atoms in total. The van der Waals surface area contributed by atoms with Crippen LogP contribution in [0.2, 0.25) is 0 Å². The van der Waals surface area contributed by atoms with Crippen molar-refractivity contribution >= 4 is 5.97 Å². The highest BCUT2D eigenvalue weighted by Gasteiger charge is 2.51. The van der Waals surface area contributed by atoms with Crippen molar-refractivity contribution in [2.24, 2.45) is 7.05 Å². The van der Waals surface area contributed by atoms with Crippen LogP contribution in [0, 0.1) is 0 Å². The second-order valence-electron chi connectivity index (χ2n) is 9.16. The lowest BCUT2D eigenvalue weighted by Crippen LogP contribution is -2.19. The lowest BCUT2D eigenvalue weighted by Gasteiger charge is -2.11. The highest BCUT2D eigenvalue weighted by atomic mass is 16.4. The van der Waals surface area contributed by atoms with Crippen molar-refractivity contribution in [3.8, 4) is 22.5 Å². The summed E-state index contributed by atoms with van der Waals surface area (Å²) in [5.41, 5.74) is 5.64. The van der Waals surface area contributed by atoms with Crippen molar-refractivity contribution in [2.45, 2.75) is 44.4 Å². The van der Waals surface area contributed by atoms with Crippen LogP contribution in [0.25, 0.3) is 22.5 Å². The van der Waals surface area contributed by atoms with Gasteiger partial charge in [0.2, 0.25) is 0 Å². The molecule has 1 N–H and O–H groups in total. The molecule has 1 fully saturated rings. The minimum absolute atomic E-state index is 0.308. The van der Waals surface area contributed by atoms with E-state index in [1.165, 1.54) is 0 Å². The summed E-state index contributed by atoms with van der Waals surface area (Å²) in [5, 5.41) is 13.9. The predicted molar refractivity (Wildman–Crippen MR) is 127 cm³/mol. The fourth-order valence-electron chi connectivity index (χ4n) is 4.17. The summed E-state index contributed by atoms with van der Waals surface area (Å²) in [7, 11) is 1.90. The van der Waals surface area contributed by atoms with Crippen molar-refractivity contribution in [2.75, 3.05) is 0 Å². The molecule has 4 aromatic rings. The number of nitrogens with zero attached hydrogens (tertiary/aromatic N) is 6. The van der Waals surface area contributed by atoms with Crippen molar-refractivity contribution in [3.63, 3.8) is 0 Å². The third-order valence-corrected chi connectivity index (χ3v) is 6.53. The number of aromatic nitrogens is 6. The number of carboxylic acids is 1. The van der Waals surface area contributed by atoms with E-state index in [1.807, 2.05) is 36.0 Å². The molecule has 0 saturated heterocycles. The number of aryl methyl sites for hydroxylation is 1. The summed E-state index contributed by atoms with van der Waals surface area (Å²) in [4.78, 5) is 29.9. The van der Waals surface area contributed by atoms with E-state index in [1.54, 1.807) is 31.0 Å². The van der Waals surface area contributed by atoms with Crippen molar-refractivity contribution < 1.29 is 9.90 Å². The maximum atomic E-state index is 11.6. The molecule has 0 spiro atoms. The first kappa shape index (κ1) is 21.9. The number of hydrogen-bond acceptors (Lipinski definition) is 6. The van der Waals surface area contributed by atoms with Crippen LogP contribution >= 0.6 is 0 Å². The zero-order chi connectivity index (χ0) is 23.9. The van der Waals surface area contributed by atoms with Gasteiger partial charge in [-0.1, -0.05) is 38.1 Å². The van der Waals surface area contributed by atoms with Crippen LogP contribution in [-0.4, -0.2) is 40.8 Å². The van der Waals surface area contributed by atoms with Crippen LogP contribution in [0.15, 0.2) is 55.2 Å². The molecule has 5 rings (SSSR count). The highest BCUT2D eigenvalue weighted by Crippen LogP contribution is 2.48. The molecule has 34 heavy (non-hydrogen) atoms. The van der Waals surface area contributed by atoms with Gasteiger partial charge in [0.15, 0.2) is 5.82 Å². The standard InChI is InChI=1S/C26H26N6O2/c1-16(2)22-15-27-13-20(31-22)10-23-21(14-30-32(23)3)24-28-11-18(12-29-24)17-4-6-19(7-5-17)26(8-9-26)25(33)34/h4-7,11-16H,8-10H2,1-3H3,(H,33,34). The van der Waals surface area contributed by atoms with E-state index in [0.29, 0.717) is 31.0 Å². The van der Waals surface area contributed by atoms with Gasteiger partial charge in [-0.05, 0) is 29.9 Å². The van der Waals surface area contributed by atoms with Crippen molar-refractivity contribution in [1.82, 2.24) is 29.7 Å². The first-order valence-electron chi connectivity index (χ1n) is 11.4. The molecule has 1 aliphatic carbocycles. The number of hydrogen-bond donors (Lipinski definition) is 1. The molecule has 0 amide bonds. The van der Waals surface area contributed by atoms with E-state index >= 15 is 0 Å². The van der Waals surface area contributed by atoms with Gasteiger partial charge in [0.25, 0.3) is 0 Å². The molecule has 0 bridgehead atoms. The molecule has 1 saturated carbocycles. The Hall–Kier alpha value is -3.94. The summed E-state index contributed by atoms with van der Waals surface area (Å²) < 4.78 is 1.82. The summed E-state index contributed by atoms with van der Waals surface area (Å²) in [5.74, 6) is 0.156. The van der Waals surface area contributed by atoms with Crippen LogP contribution < -0.4 is 0 Å². The number of benzene rings is 1. The monoisotopic (exact) mass is 454 g/mol. The fraction of sp³-hybridized carbons (Fsp3) is 0.308. The van der Waals surface area contributed by atoms with Crippen LogP contribution in [0.4, 0.5) is 0 Å². The minimum Gasteiger partial charge on any atom is -0.481 e. The van der Waals surface area contributed by atoms with E-state index < -0.39 is 11.4 Å². The Bertz CT molecular complexity index is 1340. The predicted octanol–water partition coefficient (Wildman–Crippen LogP) is 4.16. The van der Waals surface area contributed by atoms with E-state index in [0.717, 1.165) is 39.3 Å². The Labute approximate surface area is 197 Å². The second kappa shape index (κ2) is 8.44. The molecule has 0 unspecified atom stereocenters. The number of carbonyl (C=O) groups is 1. The Kier molecular flexibility index (Phi) is 5.43. The Morgan fingerprint density at radius 2 is 1.74 bits per heavy atom. The summed E-state index contributed by atoms with van der Waals surface area (Å²) in [6.07, 6.45) is 10.9. The molecule has 8 heteroatoms. The van der Waals surface area contributed by atoms with Crippen LogP contribution in [0.1, 0.15) is 55.3 Å². The van der Waals surface area contributed by atoms with Gasteiger partial charge in [0, 0.05) is 43.8 Å². The van der Waals surface area contributed by atoms with Gasteiger partial charge in [0.05, 0.1) is 34.3 Å². The van der Waals surface area contributed by atoms with Gasteiger partial charge >= 0.3 is 5.97 Å². The summed E-state index contributed by atoms with van der Waals surface area (Å²) >= 11 is 0. The zero-order valence-electron chi connectivity index (χ0n) is 19.4. The van der Waals surface area contributed by atoms with Gasteiger partial charge in [-0.3, -0.25) is 19.4 Å². The van der Waals surface area contributed by atoms with Gasteiger partial charge in [-0.25, -0.2) is 9.97 Å². The first-order chi connectivity index (χ1) is 16.4. The normalized spacial score (nSPS) is 14.4. The molecular formula is C26H26N6O2. The average molecular weight is 455 g/mol. The Morgan fingerprint density at radius 1 is 1.03 bits per heavy atom. The average Bonchev–Trinajstić information content (AvgIpc) is 3.59. The van der Waals surface area contributed by atoms with Crippen molar-refractivity contribution in [1.29, 1.82) is 0 Å². The third kappa shape index (κ3) is 3.96. The molecule has 1 aliphatic rings. The molecular weight excluding hydrogens is 428 g/mol. The SMILES string of the molecule is CC(C)c1cncc(Cc2c(-c3ncc(-c4ccc(C5(C(=O)O)CC5)cc4)cn3)cnn2C)n1. The largest absolute Gasteiger partial charge is 0.481 e. The smallest absolute Gasteiger partial charge is 0.314 e. The third-order valence-electron chi connectivity index (χ3n) is 6.53. The minimum atomic E-state index is -0.748. The van der Waals surface area contributed by atoms with E-state index in [9.17, 15) is 9.90 Å². The second-order valence-corrected chi connectivity index (χ2v) is 9.16. The quantitative estimate of drug-likeness (QED) is 0.447. The molecule has 1 aromatic carbocycles. The molecule has 172 valence electrons. The first-order valence-corrected chi connectivity index (χ1v) is 11.4. The van der Waals surface area contributed by atoms with E-state index in [2.05, 4.69) is 33.9 Å². The number of carboxylic acid groups (broad SMARTS) is 1. The lowest BCUT2D eigenvalue weighted by molar-refractivity contribution is -0.140. The number of rotatable bonds is 7. The van der Waals surface area contributed by atoms with Gasteiger partial charge in [-0.2, -0.15) is 5.10 Å². The maximum absolute atomic E-state index is 11.6. The summed E-state index contributed by atoms with van der Waals surface area (Å²) in [6.45, 7) is 4.20. The fourth-order valence-corrected chi connectivity index (χ4v) is 4.17. The Balaban J connectivity index is 1.38. The highest BCUT2D eigenvalue weighted by molar-refractivity contribution is 5.85. The van der Waals surface area contributed by atoms with Crippen LogP contribution in [-0.2, 0) is 23.7 Å². The van der Waals surface area contributed by atoms with E-state index in [-0.39, 0.29) is 0 Å². The molecule has 3 heterocycles. The van der Waals surface area contributed by atoms with Gasteiger partial charge in [-0.15, -0.1) is 0 Å². The Morgan fingerprint density at radius 3 is 2.35 bits per heavy atom. The zero-order valence-corrected chi connectivity index (χ0v) is 19.4. The molecule has 0 atom stereocenters. The molecule has 0 aliphatic heterocycles. The van der Waals surface area contributed by atoms with Crippen molar-refractivity contribution in [3.05, 3.63) is 77.9 Å². The summed E-state index contributed by atoms with van der Waals surface area (Å²) in [6, 6.07) is 7.67. The van der Waals surface area contributed by atoms with Gasteiger partial charge < -0.3 is 5.11 Å². The number of aliphatic carboxylic acids is 1. The topological polar surface area (TPSA) is 107 Å². The van der Waals surface area contributed by atoms with E-state index in [4.69, 9.17) is 4.98 Å². The van der Waals surface area contributed by atoms with Gasteiger partial charge in [0.1, 0.15) is 0 Å². The van der Waals surface area contributed by atoms with Crippen LogP contribution in [0.3, 0.4) is 0 Å². The molecule has 0 radical (unpaired) electrons. The van der Waals surface area contributed by atoms with Crippen LogP contribution in [0.5, 0.6) is 0 Å². The molecule has 3 aromatic heterocycles. The lowest BCUT2D eigenvalue weighted by atomic mass is 9.94.